The normalized spacial score (nSPS) is 17.1. The van der Waals surface area contributed by atoms with Crippen molar-refractivity contribution in [3.8, 4) is 0 Å². The zero-order valence-corrected chi connectivity index (χ0v) is 10.7. The standard InChI is InChI=1S/C17H16N2/c1-3-13-10-7-11-15-16(13)12(2)18-17(19-15)14-8-5-4-6-9-14/h3-11,17-19H,1-2H2. The second-order valence-electron chi connectivity index (χ2n) is 4.58. The molecule has 0 saturated carbocycles. The highest BCUT2D eigenvalue weighted by Gasteiger charge is 2.21. The van der Waals surface area contributed by atoms with Gasteiger partial charge in [0.2, 0.25) is 0 Å². The molecule has 0 aliphatic carbocycles. The van der Waals surface area contributed by atoms with Crippen LogP contribution in [-0.2, 0) is 0 Å². The summed E-state index contributed by atoms with van der Waals surface area (Å²) < 4.78 is 0. The van der Waals surface area contributed by atoms with Crippen LogP contribution in [0.25, 0.3) is 11.8 Å². The molecule has 0 saturated heterocycles. The quantitative estimate of drug-likeness (QED) is 0.839. The first-order chi connectivity index (χ1) is 9.29. The van der Waals surface area contributed by atoms with Crippen molar-refractivity contribution in [2.24, 2.45) is 0 Å². The molecule has 0 radical (unpaired) electrons. The molecule has 2 aromatic rings. The van der Waals surface area contributed by atoms with Gasteiger partial charge in [0.05, 0.1) is 0 Å². The lowest BCUT2D eigenvalue weighted by Crippen LogP contribution is -2.31. The number of hydrogen-bond donors (Lipinski definition) is 2. The topological polar surface area (TPSA) is 24.1 Å². The Morgan fingerprint density at radius 3 is 2.47 bits per heavy atom. The van der Waals surface area contributed by atoms with E-state index in [2.05, 4.69) is 42.0 Å². The van der Waals surface area contributed by atoms with Crippen molar-refractivity contribution in [2.45, 2.75) is 6.17 Å². The summed E-state index contributed by atoms with van der Waals surface area (Å²) in [5.41, 5.74) is 5.41. The maximum atomic E-state index is 4.14. The third-order valence-electron chi connectivity index (χ3n) is 3.37. The molecule has 1 unspecified atom stereocenters. The van der Waals surface area contributed by atoms with E-state index in [0.717, 1.165) is 22.5 Å². The second-order valence-corrected chi connectivity index (χ2v) is 4.58. The highest BCUT2D eigenvalue weighted by Crippen LogP contribution is 2.34. The highest BCUT2D eigenvalue weighted by molar-refractivity contribution is 5.83. The number of rotatable bonds is 2. The van der Waals surface area contributed by atoms with E-state index in [1.807, 2.05) is 36.4 Å². The van der Waals surface area contributed by atoms with Gasteiger partial charge in [-0.25, -0.2) is 0 Å². The van der Waals surface area contributed by atoms with Gasteiger partial charge in [-0.05, 0) is 17.2 Å². The zero-order chi connectivity index (χ0) is 13.2. The van der Waals surface area contributed by atoms with Crippen molar-refractivity contribution in [3.05, 3.63) is 78.4 Å². The molecule has 0 spiro atoms. The van der Waals surface area contributed by atoms with E-state index >= 15 is 0 Å². The Kier molecular flexibility index (Phi) is 2.84. The molecule has 0 fully saturated rings. The molecular formula is C17H16N2. The Morgan fingerprint density at radius 2 is 1.74 bits per heavy atom. The lowest BCUT2D eigenvalue weighted by atomic mass is 9.99. The average Bonchev–Trinajstić information content (AvgIpc) is 2.47. The summed E-state index contributed by atoms with van der Waals surface area (Å²) in [6.07, 6.45) is 1.91. The number of fused-ring (bicyclic) bond motifs is 1. The van der Waals surface area contributed by atoms with Crippen molar-refractivity contribution in [3.63, 3.8) is 0 Å². The van der Waals surface area contributed by atoms with Crippen molar-refractivity contribution >= 4 is 17.5 Å². The molecule has 2 N–H and O–H groups in total. The predicted molar refractivity (Wildman–Crippen MR) is 81.5 cm³/mol. The van der Waals surface area contributed by atoms with Gasteiger partial charge in [-0.15, -0.1) is 0 Å². The molecule has 2 aromatic carbocycles. The van der Waals surface area contributed by atoms with Gasteiger partial charge < -0.3 is 10.6 Å². The fraction of sp³-hybridized carbons (Fsp3) is 0.0588. The van der Waals surface area contributed by atoms with Gasteiger partial charge in [-0.3, -0.25) is 0 Å². The van der Waals surface area contributed by atoms with Crippen LogP contribution in [0.4, 0.5) is 5.69 Å². The van der Waals surface area contributed by atoms with Crippen LogP contribution < -0.4 is 10.6 Å². The molecule has 2 heteroatoms. The molecule has 0 bridgehead atoms. The first kappa shape index (κ1) is 11.6. The molecule has 3 rings (SSSR count). The largest absolute Gasteiger partial charge is 0.362 e. The van der Waals surface area contributed by atoms with Crippen LogP contribution in [0.2, 0.25) is 0 Å². The van der Waals surface area contributed by atoms with Crippen LogP contribution in [0.1, 0.15) is 22.9 Å². The third kappa shape index (κ3) is 2.02. The van der Waals surface area contributed by atoms with E-state index in [1.54, 1.807) is 0 Å². The number of anilines is 1. The van der Waals surface area contributed by atoms with Crippen molar-refractivity contribution in [1.82, 2.24) is 5.32 Å². The average molecular weight is 248 g/mol. The van der Waals surface area contributed by atoms with Crippen LogP contribution in [0, 0.1) is 0 Å². The maximum absolute atomic E-state index is 4.14. The summed E-state index contributed by atoms with van der Waals surface area (Å²) in [5.74, 6) is 0. The monoisotopic (exact) mass is 248 g/mol. The van der Waals surface area contributed by atoms with Crippen LogP contribution in [0.3, 0.4) is 0 Å². The van der Waals surface area contributed by atoms with E-state index < -0.39 is 0 Å². The number of hydrogen-bond acceptors (Lipinski definition) is 2. The number of benzene rings is 2. The van der Waals surface area contributed by atoms with Gasteiger partial charge in [-0.2, -0.15) is 0 Å². The van der Waals surface area contributed by atoms with Crippen molar-refractivity contribution in [2.75, 3.05) is 5.32 Å². The number of nitrogens with one attached hydrogen (secondary N) is 2. The van der Waals surface area contributed by atoms with Crippen LogP contribution >= 0.6 is 0 Å². The molecule has 1 atom stereocenters. The van der Waals surface area contributed by atoms with Gasteiger partial charge in [0.15, 0.2) is 0 Å². The van der Waals surface area contributed by atoms with Crippen LogP contribution in [0.15, 0.2) is 61.7 Å². The van der Waals surface area contributed by atoms with Gasteiger partial charge in [0.25, 0.3) is 0 Å². The van der Waals surface area contributed by atoms with Gasteiger partial charge in [0, 0.05) is 16.9 Å². The molecule has 0 aromatic heterocycles. The molecule has 1 heterocycles. The predicted octanol–water partition coefficient (Wildman–Crippen LogP) is 4.01. The van der Waals surface area contributed by atoms with Gasteiger partial charge in [0.1, 0.15) is 6.17 Å². The van der Waals surface area contributed by atoms with Gasteiger partial charge in [-0.1, -0.05) is 61.7 Å². The summed E-state index contributed by atoms with van der Waals surface area (Å²) in [4.78, 5) is 0. The first-order valence-electron chi connectivity index (χ1n) is 6.32. The minimum atomic E-state index is 0.0567. The second kappa shape index (κ2) is 4.65. The summed E-state index contributed by atoms with van der Waals surface area (Å²) in [6.45, 7) is 7.99. The van der Waals surface area contributed by atoms with E-state index in [0.29, 0.717) is 0 Å². The van der Waals surface area contributed by atoms with E-state index in [-0.39, 0.29) is 6.17 Å². The van der Waals surface area contributed by atoms with E-state index in [1.165, 1.54) is 5.56 Å². The first-order valence-corrected chi connectivity index (χ1v) is 6.32. The van der Waals surface area contributed by atoms with E-state index in [4.69, 9.17) is 0 Å². The fourth-order valence-electron chi connectivity index (χ4n) is 2.45. The highest BCUT2D eigenvalue weighted by atomic mass is 15.2. The lowest BCUT2D eigenvalue weighted by Gasteiger charge is -2.32. The molecule has 94 valence electrons. The molecular weight excluding hydrogens is 232 g/mol. The SMILES string of the molecule is C=Cc1cccc2c1C(=C)NC(c1ccccc1)N2. The van der Waals surface area contributed by atoms with Crippen LogP contribution in [0.5, 0.6) is 0 Å². The van der Waals surface area contributed by atoms with Crippen molar-refractivity contribution < 1.29 is 0 Å². The minimum Gasteiger partial charge on any atom is -0.362 e. The summed E-state index contributed by atoms with van der Waals surface area (Å²) in [5, 5.41) is 6.91. The van der Waals surface area contributed by atoms with Crippen LogP contribution in [-0.4, -0.2) is 0 Å². The molecule has 19 heavy (non-hydrogen) atoms. The van der Waals surface area contributed by atoms with Gasteiger partial charge >= 0.3 is 0 Å². The summed E-state index contributed by atoms with van der Waals surface area (Å²) in [6, 6.07) is 16.4. The maximum Gasteiger partial charge on any atom is 0.123 e. The van der Waals surface area contributed by atoms with Crippen molar-refractivity contribution in [1.29, 1.82) is 0 Å². The molecule has 2 nitrogen and oxygen atoms in total. The Morgan fingerprint density at radius 1 is 0.947 bits per heavy atom. The Bertz CT molecular complexity index is 629. The Hall–Kier alpha value is -2.48. The zero-order valence-electron chi connectivity index (χ0n) is 10.7. The molecule has 0 amide bonds. The minimum absolute atomic E-state index is 0.0567. The summed E-state index contributed by atoms with van der Waals surface area (Å²) >= 11 is 0. The summed E-state index contributed by atoms with van der Waals surface area (Å²) in [7, 11) is 0. The smallest absolute Gasteiger partial charge is 0.123 e. The lowest BCUT2D eigenvalue weighted by molar-refractivity contribution is 0.703. The Labute approximate surface area is 113 Å². The third-order valence-corrected chi connectivity index (χ3v) is 3.37. The Balaban J connectivity index is 2.02. The molecule has 1 aliphatic heterocycles. The fourth-order valence-corrected chi connectivity index (χ4v) is 2.45. The van der Waals surface area contributed by atoms with E-state index in [9.17, 15) is 0 Å². The molecule has 1 aliphatic rings.